The zero-order valence-electron chi connectivity index (χ0n) is 11.8. The minimum absolute atomic E-state index is 0.0520. The Morgan fingerprint density at radius 2 is 2.21 bits per heavy atom. The van der Waals surface area contributed by atoms with Crippen LogP contribution in [0.3, 0.4) is 0 Å². The zero-order chi connectivity index (χ0) is 14.3. The molecule has 0 saturated carbocycles. The van der Waals surface area contributed by atoms with E-state index in [1.54, 1.807) is 13.2 Å². The Morgan fingerprint density at radius 3 is 2.79 bits per heavy atom. The van der Waals surface area contributed by atoms with E-state index in [9.17, 15) is 0 Å². The number of nitrogens with two attached hydrogens (primary N) is 1. The van der Waals surface area contributed by atoms with Crippen molar-refractivity contribution in [3.8, 4) is 5.75 Å². The third kappa shape index (κ3) is 4.79. The fourth-order valence-electron chi connectivity index (χ4n) is 1.73. The molecule has 0 aromatic heterocycles. The van der Waals surface area contributed by atoms with E-state index >= 15 is 0 Å². The maximum absolute atomic E-state index is 8.70. The Kier molecular flexibility index (Phi) is 6.15. The van der Waals surface area contributed by atoms with Crippen LogP contribution in [0.4, 0.5) is 0 Å². The summed E-state index contributed by atoms with van der Waals surface area (Å²) >= 11 is 0. The summed E-state index contributed by atoms with van der Waals surface area (Å²) in [5.41, 5.74) is 7.28. The molecule has 0 radical (unpaired) electrons. The van der Waals surface area contributed by atoms with Crippen LogP contribution in [-0.4, -0.2) is 24.7 Å². The molecule has 0 fully saturated rings. The molecule has 0 aliphatic rings. The third-order valence-corrected chi connectivity index (χ3v) is 2.88. The number of benzene rings is 1. The number of ether oxygens (including phenoxy) is 1. The van der Waals surface area contributed by atoms with Crippen molar-refractivity contribution in [1.29, 1.82) is 0 Å². The molecule has 1 aromatic carbocycles. The SMILES string of the molecule is COc1cc(CNCCC(C)C)ccc1/C(N)=N/O. The quantitative estimate of drug-likeness (QED) is 0.231. The Morgan fingerprint density at radius 1 is 1.47 bits per heavy atom. The van der Waals surface area contributed by atoms with Gasteiger partial charge in [-0.25, -0.2) is 0 Å². The molecule has 5 heteroatoms. The molecule has 0 aliphatic heterocycles. The monoisotopic (exact) mass is 265 g/mol. The van der Waals surface area contributed by atoms with Gasteiger partial charge in [-0.1, -0.05) is 25.1 Å². The lowest BCUT2D eigenvalue weighted by Gasteiger charge is -2.11. The Bertz CT molecular complexity index is 431. The van der Waals surface area contributed by atoms with E-state index in [0.29, 0.717) is 17.2 Å². The van der Waals surface area contributed by atoms with Gasteiger partial charge in [0.1, 0.15) is 5.75 Å². The lowest BCUT2D eigenvalue weighted by molar-refractivity contribution is 0.318. The van der Waals surface area contributed by atoms with E-state index < -0.39 is 0 Å². The highest BCUT2D eigenvalue weighted by atomic mass is 16.5. The summed E-state index contributed by atoms with van der Waals surface area (Å²) in [6.45, 7) is 6.18. The van der Waals surface area contributed by atoms with Gasteiger partial charge in [0.05, 0.1) is 12.7 Å². The second kappa shape index (κ2) is 7.63. The molecule has 0 aliphatic carbocycles. The molecule has 0 saturated heterocycles. The van der Waals surface area contributed by atoms with Crippen LogP contribution in [0.25, 0.3) is 0 Å². The van der Waals surface area contributed by atoms with Gasteiger partial charge in [-0.05, 0) is 36.6 Å². The smallest absolute Gasteiger partial charge is 0.173 e. The van der Waals surface area contributed by atoms with Gasteiger partial charge in [0.2, 0.25) is 0 Å². The van der Waals surface area contributed by atoms with Crippen LogP contribution in [0.2, 0.25) is 0 Å². The molecule has 5 nitrogen and oxygen atoms in total. The molecule has 0 unspecified atom stereocenters. The van der Waals surface area contributed by atoms with Gasteiger partial charge in [-0.3, -0.25) is 0 Å². The highest BCUT2D eigenvalue weighted by Gasteiger charge is 2.08. The van der Waals surface area contributed by atoms with Crippen LogP contribution in [0.1, 0.15) is 31.4 Å². The summed E-state index contributed by atoms with van der Waals surface area (Å²) in [6, 6.07) is 5.64. The molecule has 1 aromatic rings. The van der Waals surface area contributed by atoms with Gasteiger partial charge in [0.15, 0.2) is 5.84 Å². The van der Waals surface area contributed by atoms with Crippen molar-refractivity contribution in [2.24, 2.45) is 16.8 Å². The summed E-state index contributed by atoms with van der Waals surface area (Å²) < 4.78 is 5.25. The van der Waals surface area contributed by atoms with Crippen LogP contribution in [0, 0.1) is 5.92 Å². The molecule has 1 rings (SSSR count). The molecular weight excluding hydrogens is 242 g/mol. The van der Waals surface area contributed by atoms with Crippen molar-refractivity contribution < 1.29 is 9.94 Å². The summed E-state index contributed by atoms with van der Waals surface area (Å²) in [5, 5.41) is 15.1. The minimum Gasteiger partial charge on any atom is -0.496 e. The highest BCUT2D eigenvalue weighted by Crippen LogP contribution is 2.20. The van der Waals surface area contributed by atoms with Crippen molar-refractivity contribution in [2.75, 3.05) is 13.7 Å². The number of amidine groups is 1. The van der Waals surface area contributed by atoms with Gasteiger partial charge < -0.3 is 21.0 Å². The largest absolute Gasteiger partial charge is 0.496 e. The fraction of sp³-hybridized carbons (Fsp3) is 0.500. The molecule has 19 heavy (non-hydrogen) atoms. The van der Waals surface area contributed by atoms with Crippen LogP contribution >= 0.6 is 0 Å². The molecule has 106 valence electrons. The Balaban J connectivity index is 2.67. The number of nitrogens with one attached hydrogen (secondary N) is 1. The first-order chi connectivity index (χ1) is 9.08. The highest BCUT2D eigenvalue weighted by molar-refractivity contribution is 5.99. The Hall–Kier alpha value is -1.75. The lowest BCUT2D eigenvalue weighted by atomic mass is 10.1. The normalized spacial score (nSPS) is 11.9. The summed E-state index contributed by atoms with van der Waals surface area (Å²) in [5.74, 6) is 1.36. The van der Waals surface area contributed by atoms with Crippen LogP contribution < -0.4 is 15.8 Å². The van der Waals surface area contributed by atoms with Crippen molar-refractivity contribution >= 4 is 5.84 Å². The third-order valence-electron chi connectivity index (χ3n) is 2.88. The number of methoxy groups -OCH3 is 1. The molecule has 0 amide bonds. The van der Waals surface area contributed by atoms with Gasteiger partial charge in [-0.15, -0.1) is 0 Å². The second-order valence-corrected chi connectivity index (χ2v) is 4.88. The molecule has 0 bridgehead atoms. The molecule has 0 spiro atoms. The van der Waals surface area contributed by atoms with Crippen LogP contribution in [0.5, 0.6) is 5.75 Å². The van der Waals surface area contributed by atoms with Crippen molar-refractivity contribution in [1.82, 2.24) is 5.32 Å². The minimum atomic E-state index is 0.0520. The van der Waals surface area contributed by atoms with Crippen molar-refractivity contribution in [3.05, 3.63) is 29.3 Å². The topological polar surface area (TPSA) is 79.9 Å². The number of rotatable bonds is 7. The van der Waals surface area contributed by atoms with E-state index in [1.807, 2.05) is 12.1 Å². The van der Waals surface area contributed by atoms with Gasteiger partial charge in [0.25, 0.3) is 0 Å². The first-order valence-electron chi connectivity index (χ1n) is 6.44. The average molecular weight is 265 g/mol. The number of hydrogen-bond donors (Lipinski definition) is 3. The van der Waals surface area contributed by atoms with E-state index in [2.05, 4.69) is 24.3 Å². The summed E-state index contributed by atoms with van der Waals surface area (Å²) in [7, 11) is 1.57. The average Bonchev–Trinajstić information content (AvgIpc) is 2.42. The maximum atomic E-state index is 8.70. The first kappa shape index (κ1) is 15.3. The van der Waals surface area contributed by atoms with Gasteiger partial charge >= 0.3 is 0 Å². The summed E-state index contributed by atoms with van der Waals surface area (Å²) in [4.78, 5) is 0. The van der Waals surface area contributed by atoms with Gasteiger partial charge in [-0.2, -0.15) is 0 Å². The molecule has 0 heterocycles. The standard InChI is InChI=1S/C14H23N3O2/c1-10(2)6-7-16-9-11-4-5-12(14(15)17-18)13(8-11)19-3/h4-5,8,10,16,18H,6-7,9H2,1-3H3,(H2,15,17). The van der Waals surface area contributed by atoms with Crippen LogP contribution in [-0.2, 0) is 6.54 Å². The van der Waals surface area contributed by atoms with E-state index in [1.165, 1.54) is 0 Å². The van der Waals surface area contributed by atoms with E-state index in [0.717, 1.165) is 25.1 Å². The van der Waals surface area contributed by atoms with Crippen molar-refractivity contribution in [2.45, 2.75) is 26.8 Å². The molecule has 4 N–H and O–H groups in total. The maximum Gasteiger partial charge on any atom is 0.173 e. The first-order valence-corrected chi connectivity index (χ1v) is 6.44. The van der Waals surface area contributed by atoms with Crippen molar-refractivity contribution in [3.63, 3.8) is 0 Å². The summed E-state index contributed by atoms with van der Waals surface area (Å²) in [6.07, 6.45) is 1.15. The molecular formula is C14H23N3O2. The lowest BCUT2D eigenvalue weighted by Crippen LogP contribution is -2.17. The van der Waals surface area contributed by atoms with Gasteiger partial charge in [0, 0.05) is 6.54 Å². The number of oxime groups is 1. The van der Waals surface area contributed by atoms with Crippen LogP contribution in [0.15, 0.2) is 23.4 Å². The number of hydrogen-bond acceptors (Lipinski definition) is 4. The fourth-order valence-corrected chi connectivity index (χ4v) is 1.73. The molecule has 0 atom stereocenters. The van der Waals surface area contributed by atoms with E-state index in [-0.39, 0.29) is 5.84 Å². The predicted octanol–water partition coefficient (Wildman–Crippen LogP) is 1.93. The Labute approximate surface area is 114 Å². The number of nitrogens with zero attached hydrogens (tertiary/aromatic N) is 1. The zero-order valence-corrected chi connectivity index (χ0v) is 11.8. The van der Waals surface area contributed by atoms with E-state index in [4.69, 9.17) is 15.7 Å². The predicted molar refractivity (Wildman–Crippen MR) is 76.7 cm³/mol. The second-order valence-electron chi connectivity index (χ2n) is 4.88.